The number of rotatable bonds is 4. The third-order valence-electron chi connectivity index (χ3n) is 7.14. The summed E-state index contributed by atoms with van der Waals surface area (Å²) in [6.45, 7) is 5.71. The van der Waals surface area contributed by atoms with Gasteiger partial charge in [-0.25, -0.2) is 15.4 Å². The Morgan fingerprint density at radius 2 is 1.89 bits per heavy atom. The molecule has 3 unspecified atom stereocenters. The molecule has 1 aromatic rings. The number of hydroxylamine groups is 1. The minimum Gasteiger partial charge on any atom is -0.341 e. The van der Waals surface area contributed by atoms with Crippen LogP contribution >= 0.6 is 12.4 Å². The number of carbonyl (C=O) groups excluding carboxylic acids is 1. The summed E-state index contributed by atoms with van der Waals surface area (Å²) in [7, 11) is 0. The van der Waals surface area contributed by atoms with Crippen molar-refractivity contribution in [3.05, 3.63) is 30.1 Å². The first-order chi connectivity index (χ1) is 13.1. The van der Waals surface area contributed by atoms with Crippen LogP contribution in [0.15, 0.2) is 24.5 Å². The van der Waals surface area contributed by atoms with Crippen molar-refractivity contribution in [3.8, 4) is 0 Å². The number of piperidine rings is 1. The number of anilines is 1. The molecule has 5 rings (SSSR count). The molecule has 4 aliphatic rings. The van der Waals surface area contributed by atoms with Gasteiger partial charge in [-0.2, -0.15) is 0 Å². The Hall–Kier alpha value is -1.70. The second-order valence-electron chi connectivity index (χ2n) is 8.91. The van der Waals surface area contributed by atoms with E-state index in [1.54, 1.807) is 5.48 Å². The summed E-state index contributed by atoms with van der Waals surface area (Å²) in [6.07, 6.45) is 13.0. The zero-order valence-corrected chi connectivity index (χ0v) is 16.8. The van der Waals surface area contributed by atoms with Crippen LogP contribution in [0.5, 0.6) is 0 Å². The first-order valence-corrected chi connectivity index (χ1v) is 10.1. The number of halogens is 1. The first kappa shape index (κ1) is 19.6. The van der Waals surface area contributed by atoms with Crippen molar-refractivity contribution in [2.75, 3.05) is 37.6 Å². The molecule has 3 atom stereocenters. The zero-order valence-electron chi connectivity index (χ0n) is 16.0. The topological polar surface area (TPSA) is 81.6 Å². The predicted molar refractivity (Wildman–Crippen MR) is 108 cm³/mol. The largest absolute Gasteiger partial charge is 0.341 e. The van der Waals surface area contributed by atoms with Crippen LogP contribution < -0.4 is 10.4 Å². The summed E-state index contributed by atoms with van der Waals surface area (Å²) in [5.74, 6) is 2.69. The summed E-state index contributed by atoms with van der Waals surface area (Å²) in [6, 6.07) is 0. The van der Waals surface area contributed by atoms with E-state index in [0.717, 1.165) is 30.8 Å². The molecule has 2 bridgehead atoms. The highest BCUT2D eigenvalue weighted by molar-refractivity contribution is 5.92. The van der Waals surface area contributed by atoms with E-state index in [0.29, 0.717) is 11.4 Å². The molecule has 1 spiro atoms. The lowest BCUT2D eigenvalue weighted by Gasteiger charge is -2.55. The molecule has 2 aliphatic carbocycles. The molecule has 1 aromatic heterocycles. The van der Waals surface area contributed by atoms with Gasteiger partial charge in [0.15, 0.2) is 0 Å². The Bertz CT molecular complexity index is 739. The smallest absolute Gasteiger partial charge is 0.277 e. The van der Waals surface area contributed by atoms with Crippen molar-refractivity contribution >= 4 is 24.3 Å². The molecule has 1 saturated carbocycles. The van der Waals surface area contributed by atoms with Crippen molar-refractivity contribution in [2.24, 2.45) is 23.2 Å². The van der Waals surface area contributed by atoms with Gasteiger partial charge in [0, 0.05) is 45.1 Å². The van der Waals surface area contributed by atoms with Crippen LogP contribution in [0.3, 0.4) is 0 Å². The fraction of sp³-hybridized carbons (Fsp3) is 0.650. The first-order valence-electron chi connectivity index (χ1n) is 10.1. The third kappa shape index (κ3) is 3.51. The second-order valence-corrected chi connectivity index (χ2v) is 8.91. The van der Waals surface area contributed by atoms with Crippen molar-refractivity contribution in [2.45, 2.75) is 25.7 Å². The Morgan fingerprint density at radius 3 is 2.46 bits per heavy atom. The fourth-order valence-corrected chi connectivity index (χ4v) is 5.63. The van der Waals surface area contributed by atoms with Gasteiger partial charge >= 0.3 is 0 Å². The maximum Gasteiger partial charge on any atom is 0.277 e. The third-order valence-corrected chi connectivity index (χ3v) is 7.14. The van der Waals surface area contributed by atoms with Crippen LogP contribution in [0, 0.1) is 23.2 Å². The van der Waals surface area contributed by atoms with E-state index in [9.17, 15) is 4.79 Å². The Labute approximate surface area is 171 Å². The SMILES string of the molecule is Cl.O=C(NO)c1cnc(N2CCC3(CC2)CN(CC2CC4C=CC2C4)C3)nc1. The van der Waals surface area contributed by atoms with E-state index in [1.807, 2.05) is 0 Å². The quantitative estimate of drug-likeness (QED) is 0.453. The highest BCUT2D eigenvalue weighted by Gasteiger charge is 2.47. The Balaban J connectivity index is 0.00000192. The minimum atomic E-state index is -0.584. The standard InChI is InChI=1S/C20H27N5O2.ClH/c26-18(23-27)17-9-21-19(22-10-17)25-5-3-20(4-6-25)12-24(13-20)11-16-8-14-1-2-15(16)7-14;/h1-2,9-10,14-16,27H,3-8,11-13H2,(H,23,26);1H. The van der Waals surface area contributed by atoms with E-state index in [4.69, 9.17) is 5.21 Å². The molecule has 2 aliphatic heterocycles. The average Bonchev–Trinajstić information content (AvgIpc) is 3.30. The lowest BCUT2D eigenvalue weighted by molar-refractivity contribution is -0.0295. The second kappa shape index (κ2) is 7.61. The normalized spacial score (nSPS) is 30.2. The summed E-state index contributed by atoms with van der Waals surface area (Å²) < 4.78 is 0. The van der Waals surface area contributed by atoms with Crippen LogP contribution in [0.4, 0.5) is 5.95 Å². The van der Waals surface area contributed by atoms with Gasteiger partial charge in [0.05, 0.1) is 5.56 Å². The number of nitrogens with zero attached hydrogens (tertiary/aromatic N) is 4. The Kier molecular flexibility index (Phi) is 5.33. The van der Waals surface area contributed by atoms with E-state index in [2.05, 4.69) is 31.9 Å². The number of allylic oxidation sites excluding steroid dienone is 2. The average molecular weight is 406 g/mol. The van der Waals surface area contributed by atoms with Crippen LogP contribution in [-0.4, -0.2) is 58.7 Å². The number of hydrogen-bond acceptors (Lipinski definition) is 6. The highest BCUT2D eigenvalue weighted by atomic mass is 35.5. The summed E-state index contributed by atoms with van der Waals surface area (Å²) in [4.78, 5) is 24.8. The van der Waals surface area contributed by atoms with Gasteiger partial charge in [0.1, 0.15) is 0 Å². The predicted octanol–water partition coefficient (Wildman–Crippen LogP) is 2.13. The van der Waals surface area contributed by atoms with Gasteiger partial charge in [-0.3, -0.25) is 10.0 Å². The van der Waals surface area contributed by atoms with Gasteiger partial charge < -0.3 is 9.80 Å². The lowest BCUT2D eigenvalue weighted by atomic mass is 9.71. The minimum absolute atomic E-state index is 0. The summed E-state index contributed by atoms with van der Waals surface area (Å²) in [5, 5.41) is 8.67. The highest BCUT2D eigenvalue weighted by Crippen LogP contribution is 2.46. The molecular weight excluding hydrogens is 378 g/mol. The van der Waals surface area contributed by atoms with Crippen molar-refractivity contribution in [3.63, 3.8) is 0 Å². The molecule has 1 amide bonds. The molecule has 2 saturated heterocycles. The molecule has 152 valence electrons. The molecule has 8 heteroatoms. The van der Waals surface area contributed by atoms with Crippen LogP contribution in [0.2, 0.25) is 0 Å². The van der Waals surface area contributed by atoms with Gasteiger partial charge in [0.25, 0.3) is 5.91 Å². The van der Waals surface area contributed by atoms with Crippen molar-refractivity contribution in [1.29, 1.82) is 0 Å². The molecule has 3 fully saturated rings. The van der Waals surface area contributed by atoms with Crippen LogP contribution in [0.25, 0.3) is 0 Å². The zero-order chi connectivity index (χ0) is 18.4. The van der Waals surface area contributed by atoms with E-state index < -0.39 is 5.91 Å². The van der Waals surface area contributed by atoms with E-state index in [1.165, 1.54) is 57.7 Å². The Morgan fingerprint density at radius 1 is 1.18 bits per heavy atom. The summed E-state index contributed by atoms with van der Waals surface area (Å²) >= 11 is 0. The van der Waals surface area contributed by atoms with E-state index >= 15 is 0 Å². The van der Waals surface area contributed by atoms with E-state index in [-0.39, 0.29) is 18.0 Å². The number of nitrogens with one attached hydrogen (secondary N) is 1. The molecule has 3 heterocycles. The van der Waals surface area contributed by atoms with Gasteiger partial charge in [-0.1, -0.05) is 12.2 Å². The number of hydrogen-bond donors (Lipinski definition) is 2. The van der Waals surface area contributed by atoms with Gasteiger partial charge in [-0.05, 0) is 48.9 Å². The maximum absolute atomic E-state index is 11.4. The fourth-order valence-electron chi connectivity index (χ4n) is 5.63. The van der Waals surface area contributed by atoms with Crippen molar-refractivity contribution in [1.82, 2.24) is 20.3 Å². The maximum atomic E-state index is 11.4. The molecule has 7 nitrogen and oxygen atoms in total. The van der Waals surface area contributed by atoms with Crippen LogP contribution in [-0.2, 0) is 0 Å². The molecule has 2 N–H and O–H groups in total. The number of fused-ring (bicyclic) bond motifs is 2. The molecule has 28 heavy (non-hydrogen) atoms. The van der Waals surface area contributed by atoms with Crippen molar-refractivity contribution < 1.29 is 10.0 Å². The monoisotopic (exact) mass is 405 g/mol. The number of likely N-dealkylation sites (tertiary alicyclic amines) is 1. The molecule has 0 aromatic carbocycles. The summed E-state index contributed by atoms with van der Waals surface area (Å²) in [5.41, 5.74) is 2.35. The molecular formula is C20H28ClN5O2. The number of amides is 1. The number of aromatic nitrogens is 2. The molecule has 0 radical (unpaired) electrons. The van der Waals surface area contributed by atoms with Crippen LogP contribution in [0.1, 0.15) is 36.0 Å². The van der Waals surface area contributed by atoms with Gasteiger partial charge in [0.2, 0.25) is 5.95 Å². The lowest BCUT2D eigenvalue weighted by Crippen LogP contribution is -2.61. The van der Waals surface area contributed by atoms with Gasteiger partial charge in [-0.15, -0.1) is 12.4 Å². The number of carbonyl (C=O) groups is 1.